The highest BCUT2D eigenvalue weighted by Gasteiger charge is 2.26. The minimum absolute atomic E-state index is 0.0895. The predicted molar refractivity (Wildman–Crippen MR) is 77.5 cm³/mol. The molecule has 3 nitrogen and oxygen atoms in total. The molecule has 0 rings (SSSR count). The maximum absolute atomic E-state index is 5.90. The van der Waals surface area contributed by atoms with Crippen LogP contribution in [0.25, 0.3) is 0 Å². The Morgan fingerprint density at radius 3 is 2.28 bits per heavy atom. The number of ether oxygens (including phenoxy) is 2. The molecule has 0 heterocycles. The van der Waals surface area contributed by atoms with Crippen LogP contribution in [-0.2, 0) is 9.47 Å². The van der Waals surface area contributed by atoms with Gasteiger partial charge in [0.2, 0.25) is 0 Å². The van der Waals surface area contributed by atoms with Crippen molar-refractivity contribution in [1.82, 2.24) is 0 Å². The van der Waals surface area contributed by atoms with Crippen molar-refractivity contribution in [2.75, 3.05) is 19.9 Å². The Morgan fingerprint density at radius 1 is 1.11 bits per heavy atom. The topological polar surface area (TPSA) is 44.5 Å². The zero-order valence-corrected chi connectivity index (χ0v) is 13.0. The third-order valence-electron chi connectivity index (χ3n) is 3.80. The van der Waals surface area contributed by atoms with Gasteiger partial charge in [0.15, 0.2) is 0 Å². The number of hydrogen-bond donors (Lipinski definition) is 1. The van der Waals surface area contributed by atoms with Crippen molar-refractivity contribution in [3.8, 4) is 0 Å². The van der Waals surface area contributed by atoms with Crippen molar-refractivity contribution >= 4 is 0 Å². The van der Waals surface area contributed by atoms with E-state index < -0.39 is 0 Å². The SMILES string of the molecule is CCC(C)CCC(C)(COCN)COC(C)CC. The summed E-state index contributed by atoms with van der Waals surface area (Å²) in [5, 5.41) is 0. The number of nitrogens with two attached hydrogens (primary N) is 1. The predicted octanol–water partition coefficient (Wildman–Crippen LogP) is 3.57. The highest BCUT2D eigenvalue weighted by atomic mass is 16.5. The quantitative estimate of drug-likeness (QED) is 0.577. The van der Waals surface area contributed by atoms with Gasteiger partial charge in [-0.25, -0.2) is 0 Å². The zero-order chi connectivity index (χ0) is 14.0. The smallest absolute Gasteiger partial charge is 0.0940 e. The summed E-state index contributed by atoms with van der Waals surface area (Å²) in [5.74, 6) is 0.769. The molecule has 0 aromatic heterocycles. The first-order valence-corrected chi connectivity index (χ1v) is 7.36. The van der Waals surface area contributed by atoms with Crippen LogP contribution in [0.5, 0.6) is 0 Å². The van der Waals surface area contributed by atoms with Crippen LogP contribution >= 0.6 is 0 Å². The minimum atomic E-state index is 0.0895. The monoisotopic (exact) mass is 259 g/mol. The second-order valence-electron chi connectivity index (χ2n) is 5.91. The first kappa shape index (κ1) is 17.9. The highest BCUT2D eigenvalue weighted by molar-refractivity contribution is 4.75. The van der Waals surface area contributed by atoms with Crippen molar-refractivity contribution in [2.45, 2.75) is 66.4 Å². The molecule has 0 saturated carbocycles. The van der Waals surface area contributed by atoms with Crippen molar-refractivity contribution in [3.63, 3.8) is 0 Å². The molecule has 0 aromatic carbocycles. The standard InChI is InChI=1S/C15H33NO2/c1-6-13(3)8-9-15(5,10-17-12-16)11-18-14(4)7-2/h13-14H,6-12,16H2,1-5H3. The van der Waals surface area contributed by atoms with E-state index in [1.165, 1.54) is 12.8 Å². The summed E-state index contributed by atoms with van der Waals surface area (Å²) in [6.07, 6.45) is 4.98. The molecule has 0 radical (unpaired) electrons. The Hall–Kier alpha value is -0.120. The van der Waals surface area contributed by atoms with E-state index in [0.717, 1.165) is 25.4 Å². The normalized spacial score (nSPS) is 18.3. The molecule has 3 unspecified atom stereocenters. The molecule has 0 bridgehead atoms. The second-order valence-corrected chi connectivity index (χ2v) is 5.91. The Kier molecular flexibility index (Phi) is 9.70. The molecule has 3 heteroatoms. The van der Waals surface area contributed by atoms with E-state index in [-0.39, 0.29) is 5.41 Å². The molecule has 0 amide bonds. The highest BCUT2D eigenvalue weighted by Crippen LogP contribution is 2.28. The van der Waals surface area contributed by atoms with E-state index in [9.17, 15) is 0 Å². The van der Waals surface area contributed by atoms with Crippen LogP contribution in [-0.4, -0.2) is 26.0 Å². The molecule has 0 fully saturated rings. The van der Waals surface area contributed by atoms with Gasteiger partial charge in [-0.15, -0.1) is 0 Å². The van der Waals surface area contributed by atoms with E-state index in [0.29, 0.717) is 19.4 Å². The summed E-state index contributed by atoms with van der Waals surface area (Å²) in [6.45, 7) is 12.8. The molecule has 3 atom stereocenters. The molecule has 0 aliphatic heterocycles. The molecule has 0 aromatic rings. The van der Waals surface area contributed by atoms with E-state index >= 15 is 0 Å². The fourth-order valence-corrected chi connectivity index (χ4v) is 1.75. The van der Waals surface area contributed by atoms with Gasteiger partial charge < -0.3 is 15.2 Å². The van der Waals surface area contributed by atoms with Crippen molar-refractivity contribution in [3.05, 3.63) is 0 Å². The fourth-order valence-electron chi connectivity index (χ4n) is 1.75. The summed E-state index contributed by atoms with van der Waals surface area (Å²) >= 11 is 0. The maximum atomic E-state index is 5.90. The molecule has 0 aliphatic rings. The lowest BCUT2D eigenvalue weighted by molar-refractivity contribution is -0.0432. The van der Waals surface area contributed by atoms with E-state index in [1.807, 2.05) is 0 Å². The third-order valence-corrected chi connectivity index (χ3v) is 3.80. The van der Waals surface area contributed by atoms with Crippen molar-refractivity contribution in [1.29, 1.82) is 0 Å². The molecular formula is C15H33NO2. The minimum Gasteiger partial charge on any atom is -0.378 e. The fraction of sp³-hybridized carbons (Fsp3) is 1.00. The molecule has 0 spiro atoms. The van der Waals surface area contributed by atoms with Gasteiger partial charge in [0.1, 0.15) is 0 Å². The van der Waals surface area contributed by atoms with Crippen molar-refractivity contribution < 1.29 is 9.47 Å². The molecule has 0 aliphatic carbocycles. The van der Waals surface area contributed by atoms with Gasteiger partial charge in [-0.05, 0) is 25.7 Å². The van der Waals surface area contributed by atoms with Crippen LogP contribution < -0.4 is 5.73 Å². The van der Waals surface area contributed by atoms with Crippen LogP contribution in [0.3, 0.4) is 0 Å². The first-order chi connectivity index (χ1) is 8.47. The molecule has 110 valence electrons. The Morgan fingerprint density at radius 2 is 1.78 bits per heavy atom. The van der Waals surface area contributed by atoms with E-state index in [2.05, 4.69) is 34.6 Å². The number of hydrogen-bond acceptors (Lipinski definition) is 3. The van der Waals surface area contributed by atoms with Gasteiger partial charge in [0, 0.05) is 5.41 Å². The lowest BCUT2D eigenvalue weighted by Gasteiger charge is -2.31. The van der Waals surface area contributed by atoms with Gasteiger partial charge in [0.25, 0.3) is 0 Å². The lowest BCUT2D eigenvalue weighted by Crippen LogP contribution is -2.32. The molecule has 0 saturated heterocycles. The van der Waals surface area contributed by atoms with Crippen LogP contribution in [0, 0.1) is 11.3 Å². The van der Waals surface area contributed by atoms with Gasteiger partial charge in [-0.3, -0.25) is 0 Å². The summed E-state index contributed by atoms with van der Waals surface area (Å²) in [7, 11) is 0. The molecular weight excluding hydrogens is 226 g/mol. The van der Waals surface area contributed by atoms with Gasteiger partial charge in [-0.2, -0.15) is 0 Å². The van der Waals surface area contributed by atoms with Gasteiger partial charge >= 0.3 is 0 Å². The largest absolute Gasteiger partial charge is 0.378 e. The molecule has 2 N–H and O–H groups in total. The first-order valence-electron chi connectivity index (χ1n) is 7.36. The summed E-state index contributed by atoms with van der Waals surface area (Å²) in [4.78, 5) is 0. The lowest BCUT2D eigenvalue weighted by atomic mass is 9.84. The van der Waals surface area contributed by atoms with Gasteiger partial charge in [-0.1, -0.05) is 40.5 Å². The van der Waals surface area contributed by atoms with Crippen LogP contribution in [0.1, 0.15) is 60.3 Å². The van der Waals surface area contributed by atoms with Gasteiger partial charge in [0.05, 0.1) is 26.0 Å². The number of rotatable bonds is 11. The average molecular weight is 259 g/mol. The Balaban J connectivity index is 4.22. The summed E-state index contributed by atoms with van der Waals surface area (Å²) in [6, 6.07) is 0. The van der Waals surface area contributed by atoms with Crippen LogP contribution in [0.4, 0.5) is 0 Å². The Bertz CT molecular complexity index is 183. The van der Waals surface area contributed by atoms with Crippen LogP contribution in [0.2, 0.25) is 0 Å². The Labute approximate surface area is 113 Å². The second kappa shape index (κ2) is 9.76. The maximum Gasteiger partial charge on any atom is 0.0940 e. The van der Waals surface area contributed by atoms with E-state index in [4.69, 9.17) is 15.2 Å². The van der Waals surface area contributed by atoms with E-state index in [1.54, 1.807) is 0 Å². The zero-order valence-electron chi connectivity index (χ0n) is 13.0. The third kappa shape index (κ3) is 8.06. The summed E-state index contributed by atoms with van der Waals surface area (Å²) < 4.78 is 11.3. The van der Waals surface area contributed by atoms with Crippen LogP contribution in [0.15, 0.2) is 0 Å². The molecule has 18 heavy (non-hydrogen) atoms. The summed E-state index contributed by atoms with van der Waals surface area (Å²) in [5.41, 5.74) is 5.53. The van der Waals surface area contributed by atoms with Crippen molar-refractivity contribution in [2.24, 2.45) is 17.1 Å². The average Bonchev–Trinajstić information content (AvgIpc) is 2.40.